The van der Waals surface area contributed by atoms with Crippen LogP contribution in [0.25, 0.3) is 10.8 Å². The summed E-state index contributed by atoms with van der Waals surface area (Å²) in [6.45, 7) is 4.75. The summed E-state index contributed by atoms with van der Waals surface area (Å²) in [6, 6.07) is 19.1. The molecule has 0 atom stereocenters. The van der Waals surface area contributed by atoms with Gasteiger partial charge in [0.25, 0.3) is 11.8 Å². The molecule has 132 valence electrons. The van der Waals surface area contributed by atoms with E-state index in [0.29, 0.717) is 24.2 Å². The predicted octanol–water partition coefficient (Wildman–Crippen LogP) is 3.62. The van der Waals surface area contributed by atoms with Crippen LogP contribution in [0.4, 0.5) is 0 Å². The van der Waals surface area contributed by atoms with E-state index in [4.69, 9.17) is 0 Å². The Morgan fingerprint density at radius 1 is 0.769 bits per heavy atom. The Balaban J connectivity index is 1.55. The van der Waals surface area contributed by atoms with Crippen LogP contribution < -0.4 is 10.6 Å². The van der Waals surface area contributed by atoms with Crippen LogP contribution in [0.5, 0.6) is 0 Å². The van der Waals surface area contributed by atoms with Gasteiger partial charge >= 0.3 is 0 Å². The molecule has 0 saturated carbocycles. The van der Waals surface area contributed by atoms with Gasteiger partial charge in [-0.2, -0.15) is 0 Å². The molecular formula is C22H22N2O2. The molecule has 4 heteroatoms. The number of fused-ring (bicyclic) bond motifs is 1. The average Bonchev–Trinajstić information content (AvgIpc) is 2.66. The van der Waals surface area contributed by atoms with E-state index in [1.54, 1.807) is 0 Å². The summed E-state index contributed by atoms with van der Waals surface area (Å²) in [5.74, 6) is -0.269. The standard InChI is InChI=1S/C22H22N2O2/c1-15-10-11-18(14-16(15)2)21(25)23-12-13-24-22(26)20-9-5-7-17-6-3-4-8-19(17)20/h3-11,14H,12-13H2,1-2H3,(H,23,25)(H,24,26). The Bertz CT molecular complexity index is 958. The molecule has 0 aliphatic heterocycles. The summed E-state index contributed by atoms with van der Waals surface area (Å²) in [5, 5.41) is 7.65. The molecule has 0 radical (unpaired) electrons. The van der Waals surface area contributed by atoms with Crippen LogP contribution in [0, 0.1) is 13.8 Å². The van der Waals surface area contributed by atoms with Crippen molar-refractivity contribution in [3.63, 3.8) is 0 Å². The number of hydrogen-bond donors (Lipinski definition) is 2. The van der Waals surface area contributed by atoms with Gasteiger partial charge in [-0.25, -0.2) is 0 Å². The second kappa shape index (κ2) is 7.83. The lowest BCUT2D eigenvalue weighted by molar-refractivity contribution is 0.0928. The quantitative estimate of drug-likeness (QED) is 0.693. The maximum atomic E-state index is 12.4. The zero-order valence-electron chi connectivity index (χ0n) is 15.0. The van der Waals surface area contributed by atoms with Crippen molar-refractivity contribution in [2.75, 3.05) is 13.1 Å². The van der Waals surface area contributed by atoms with E-state index in [2.05, 4.69) is 10.6 Å². The molecule has 3 aromatic carbocycles. The number of amides is 2. The van der Waals surface area contributed by atoms with Gasteiger partial charge in [0, 0.05) is 24.2 Å². The summed E-state index contributed by atoms with van der Waals surface area (Å²) < 4.78 is 0. The molecule has 0 heterocycles. The van der Waals surface area contributed by atoms with Crippen LogP contribution in [0.1, 0.15) is 31.8 Å². The molecule has 2 N–H and O–H groups in total. The van der Waals surface area contributed by atoms with E-state index in [1.165, 1.54) is 0 Å². The van der Waals surface area contributed by atoms with Crippen LogP contribution in [0.15, 0.2) is 60.7 Å². The van der Waals surface area contributed by atoms with E-state index in [0.717, 1.165) is 21.9 Å². The maximum absolute atomic E-state index is 12.4. The van der Waals surface area contributed by atoms with Crippen LogP contribution in [0.3, 0.4) is 0 Å². The van der Waals surface area contributed by atoms with Gasteiger partial charge in [-0.3, -0.25) is 9.59 Å². The van der Waals surface area contributed by atoms with Gasteiger partial charge in [-0.05, 0) is 53.9 Å². The number of nitrogens with one attached hydrogen (secondary N) is 2. The predicted molar refractivity (Wildman–Crippen MR) is 105 cm³/mol. The smallest absolute Gasteiger partial charge is 0.251 e. The Morgan fingerprint density at radius 2 is 1.46 bits per heavy atom. The number of benzene rings is 3. The van der Waals surface area contributed by atoms with Crippen LogP contribution in [0.2, 0.25) is 0 Å². The molecule has 2 amide bonds. The molecule has 0 bridgehead atoms. The second-order valence-electron chi connectivity index (χ2n) is 6.34. The molecule has 0 saturated heterocycles. The van der Waals surface area contributed by atoms with Crippen molar-refractivity contribution >= 4 is 22.6 Å². The summed E-state index contributed by atoms with van der Waals surface area (Å²) >= 11 is 0. The van der Waals surface area contributed by atoms with E-state index in [-0.39, 0.29) is 11.8 Å². The molecule has 4 nitrogen and oxygen atoms in total. The highest BCUT2D eigenvalue weighted by Gasteiger charge is 2.10. The first-order valence-electron chi connectivity index (χ1n) is 8.67. The first kappa shape index (κ1) is 17.7. The number of rotatable bonds is 5. The minimum Gasteiger partial charge on any atom is -0.350 e. The Labute approximate surface area is 153 Å². The van der Waals surface area contributed by atoms with E-state index < -0.39 is 0 Å². The first-order chi connectivity index (χ1) is 12.6. The highest BCUT2D eigenvalue weighted by molar-refractivity contribution is 6.07. The van der Waals surface area contributed by atoms with Gasteiger partial charge < -0.3 is 10.6 Å². The molecule has 0 aromatic heterocycles. The molecule has 0 aliphatic rings. The van der Waals surface area contributed by atoms with Crippen LogP contribution >= 0.6 is 0 Å². The fourth-order valence-corrected chi connectivity index (χ4v) is 2.86. The summed E-state index contributed by atoms with van der Waals surface area (Å²) in [7, 11) is 0. The lowest BCUT2D eigenvalue weighted by Crippen LogP contribution is -2.34. The first-order valence-corrected chi connectivity index (χ1v) is 8.67. The van der Waals surface area contributed by atoms with Gasteiger partial charge in [-0.1, -0.05) is 42.5 Å². The SMILES string of the molecule is Cc1ccc(C(=O)NCCNC(=O)c2cccc3ccccc23)cc1C. The Kier molecular flexibility index (Phi) is 5.32. The Morgan fingerprint density at radius 3 is 2.23 bits per heavy atom. The van der Waals surface area contributed by atoms with Gasteiger partial charge in [-0.15, -0.1) is 0 Å². The molecule has 0 spiro atoms. The van der Waals surface area contributed by atoms with E-state index in [9.17, 15) is 9.59 Å². The summed E-state index contributed by atoms with van der Waals surface area (Å²) in [4.78, 5) is 24.6. The normalized spacial score (nSPS) is 10.5. The van der Waals surface area contributed by atoms with Crippen molar-refractivity contribution in [2.24, 2.45) is 0 Å². The van der Waals surface area contributed by atoms with Crippen LogP contribution in [-0.4, -0.2) is 24.9 Å². The van der Waals surface area contributed by atoms with Gasteiger partial charge in [0.1, 0.15) is 0 Å². The molecule has 0 fully saturated rings. The zero-order valence-corrected chi connectivity index (χ0v) is 15.0. The summed E-state index contributed by atoms with van der Waals surface area (Å²) in [6.07, 6.45) is 0. The van der Waals surface area contributed by atoms with Crippen molar-refractivity contribution in [3.05, 3.63) is 82.9 Å². The molecule has 3 aromatic rings. The zero-order chi connectivity index (χ0) is 18.5. The van der Waals surface area contributed by atoms with Crippen LogP contribution in [-0.2, 0) is 0 Å². The third-order valence-corrected chi connectivity index (χ3v) is 4.50. The van der Waals surface area contributed by atoms with Gasteiger partial charge in [0.05, 0.1) is 0 Å². The molecule has 26 heavy (non-hydrogen) atoms. The maximum Gasteiger partial charge on any atom is 0.251 e. The number of aryl methyl sites for hydroxylation is 2. The third kappa shape index (κ3) is 3.91. The second-order valence-corrected chi connectivity index (χ2v) is 6.34. The third-order valence-electron chi connectivity index (χ3n) is 4.50. The largest absolute Gasteiger partial charge is 0.350 e. The lowest BCUT2D eigenvalue weighted by Gasteiger charge is -2.10. The fraction of sp³-hybridized carbons (Fsp3) is 0.182. The van der Waals surface area contributed by atoms with Crippen molar-refractivity contribution < 1.29 is 9.59 Å². The average molecular weight is 346 g/mol. The fourth-order valence-electron chi connectivity index (χ4n) is 2.86. The monoisotopic (exact) mass is 346 g/mol. The highest BCUT2D eigenvalue weighted by atomic mass is 16.2. The van der Waals surface area contributed by atoms with Crippen molar-refractivity contribution in [1.82, 2.24) is 10.6 Å². The minimum atomic E-state index is -0.137. The minimum absolute atomic E-state index is 0.132. The molecular weight excluding hydrogens is 324 g/mol. The van der Waals surface area contributed by atoms with Crippen molar-refractivity contribution in [3.8, 4) is 0 Å². The summed E-state index contributed by atoms with van der Waals surface area (Å²) in [5.41, 5.74) is 3.52. The van der Waals surface area contributed by atoms with Crippen molar-refractivity contribution in [2.45, 2.75) is 13.8 Å². The van der Waals surface area contributed by atoms with E-state index >= 15 is 0 Å². The Hall–Kier alpha value is -3.14. The number of hydrogen-bond acceptors (Lipinski definition) is 2. The van der Waals surface area contributed by atoms with E-state index in [1.807, 2.05) is 74.5 Å². The molecule has 0 aliphatic carbocycles. The topological polar surface area (TPSA) is 58.2 Å². The van der Waals surface area contributed by atoms with Gasteiger partial charge in [0.2, 0.25) is 0 Å². The molecule has 0 unspecified atom stereocenters. The lowest BCUT2D eigenvalue weighted by atomic mass is 10.0. The molecule has 3 rings (SSSR count). The van der Waals surface area contributed by atoms with Gasteiger partial charge in [0.15, 0.2) is 0 Å². The van der Waals surface area contributed by atoms with Crippen molar-refractivity contribution in [1.29, 1.82) is 0 Å². The number of carbonyl (C=O) groups excluding carboxylic acids is 2. The highest BCUT2D eigenvalue weighted by Crippen LogP contribution is 2.18. The number of carbonyl (C=O) groups is 2.